The first-order chi connectivity index (χ1) is 7.74. The van der Waals surface area contributed by atoms with Crippen LogP contribution >= 0.6 is 0 Å². The summed E-state index contributed by atoms with van der Waals surface area (Å²) in [6.07, 6.45) is 4.34. The van der Waals surface area contributed by atoms with Crippen molar-refractivity contribution in [3.63, 3.8) is 0 Å². The fraction of sp³-hybridized carbons (Fsp3) is 0.538. The fourth-order valence-electron chi connectivity index (χ4n) is 2.24. The second-order valence-corrected chi connectivity index (χ2v) is 4.50. The van der Waals surface area contributed by atoms with E-state index in [0.29, 0.717) is 11.9 Å². The van der Waals surface area contributed by atoms with Crippen molar-refractivity contribution in [3.8, 4) is 5.75 Å². The smallest absolute Gasteiger partial charge is 0.115 e. The molecular weight excluding hydrogens is 202 g/mol. The number of aromatic hydroxyl groups is 1. The van der Waals surface area contributed by atoms with Crippen LogP contribution in [0, 0.1) is 0 Å². The minimum absolute atomic E-state index is 0.116. The van der Waals surface area contributed by atoms with Gasteiger partial charge in [0.25, 0.3) is 0 Å². The molecule has 2 atom stereocenters. The van der Waals surface area contributed by atoms with Crippen LogP contribution in [0.3, 0.4) is 0 Å². The maximum absolute atomic E-state index is 9.34. The van der Waals surface area contributed by atoms with E-state index < -0.39 is 0 Å². The van der Waals surface area contributed by atoms with Gasteiger partial charge in [-0.25, -0.2) is 0 Å². The molecule has 0 saturated carbocycles. The van der Waals surface area contributed by atoms with Crippen molar-refractivity contribution in [3.05, 3.63) is 29.8 Å². The monoisotopic (exact) mass is 221 g/mol. The Labute approximate surface area is 96.2 Å². The third kappa shape index (κ3) is 3.22. The Morgan fingerprint density at radius 1 is 1.50 bits per heavy atom. The van der Waals surface area contributed by atoms with E-state index in [1.54, 1.807) is 12.1 Å². The molecule has 0 aliphatic carbocycles. The van der Waals surface area contributed by atoms with Gasteiger partial charge < -0.3 is 15.6 Å². The minimum Gasteiger partial charge on any atom is -0.508 e. The molecule has 2 unspecified atom stereocenters. The largest absolute Gasteiger partial charge is 0.508 e. The Kier molecular flexibility index (Phi) is 3.80. The predicted octanol–water partition coefficient (Wildman–Crippen LogP) is 1.83. The Hall–Kier alpha value is -1.06. The third-order valence-electron chi connectivity index (χ3n) is 3.00. The van der Waals surface area contributed by atoms with Crippen LogP contribution in [0.1, 0.15) is 24.8 Å². The second-order valence-electron chi connectivity index (χ2n) is 4.50. The van der Waals surface area contributed by atoms with Gasteiger partial charge in [0.1, 0.15) is 5.75 Å². The molecule has 16 heavy (non-hydrogen) atoms. The van der Waals surface area contributed by atoms with Crippen LogP contribution in [0.25, 0.3) is 0 Å². The van der Waals surface area contributed by atoms with Gasteiger partial charge in [0.2, 0.25) is 0 Å². The zero-order valence-electron chi connectivity index (χ0n) is 9.43. The molecular formula is C13H19NO2. The van der Waals surface area contributed by atoms with E-state index in [4.69, 9.17) is 10.5 Å². The highest BCUT2D eigenvalue weighted by molar-refractivity contribution is 5.27. The summed E-state index contributed by atoms with van der Waals surface area (Å²) >= 11 is 0. The van der Waals surface area contributed by atoms with Crippen molar-refractivity contribution in [1.29, 1.82) is 0 Å². The number of nitrogens with two attached hydrogens (primary N) is 1. The molecule has 3 heteroatoms. The first kappa shape index (κ1) is 11.4. The van der Waals surface area contributed by atoms with Crippen LogP contribution < -0.4 is 5.73 Å². The van der Waals surface area contributed by atoms with Gasteiger partial charge in [-0.3, -0.25) is 0 Å². The quantitative estimate of drug-likeness (QED) is 0.815. The SMILES string of the molecule is NC(Cc1cccc(O)c1)CC1CCCO1. The first-order valence-corrected chi connectivity index (χ1v) is 5.89. The Morgan fingerprint density at radius 3 is 3.06 bits per heavy atom. The van der Waals surface area contributed by atoms with E-state index in [9.17, 15) is 5.11 Å². The van der Waals surface area contributed by atoms with Gasteiger partial charge in [0.15, 0.2) is 0 Å². The molecule has 3 N–H and O–H groups in total. The normalized spacial score (nSPS) is 22.2. The molecule has 1 aromatic rings. The van der Waals surface area contributed by atoms with Crippen LogP contribution in [0.2, 0.25) is 0 Å². The summed E-state index contributed by atoms with van der Waals surface area (Å²) in [5.74, 6) is 0.307. The number of phenols is 1. The fourth-order valence-corrected chi connectivity index (χ4v) is 2.24. The van der Waals surface area contributed by atoms with Crippen molar-refractivity contribution in [1.82, 2.24) is 0 Å². The molecule has 1 aliphatic rings. The predicted molar refractivity (Wildman–Crippen MR) is 63.4 cm³/mol. The first-order valence-electron chi connectivity index (χ1n) is 5.89. The zero-order valence-corrected chi connectivity index (χ0v) is 9.43. The summed E-state index contributed by atoms with van der Waals surface area (Å²) in [6, 6.07) is 7.41. The molecule has 1 aliphatic heterocycles. The lowest BCUT2D eigenvalue weighted by Crippen LogP contribution is -2.28. The van der Waals surface area contributed by atoms with Crippen LogP contribution in [0.15, 0.2) is 24.3 Å². The van der Waals surface area contributed by atoms with Crippen molar-refractivity contribution in [2.75, 3.05) is 6.61 Å². The molecule has 0 spiro atoms. The number of rotatable bonds is 4. The van der Waals surface area contributed by atoms with Crippen molar-refractivity contribution in [2.45, 2.75) is 37.8 Å². The van der Waals surface area contributed by atoms with E-state index in [0.717, 1.165) is 37.9 Å². The Morgan fingerprint density at radius 2 is 2.38 bits per heavy atom. The summed E-state index contributed by atoms with van der Waals surface area (Å²) in [5, 5.41) is 9.34. The summed E-state index contributed by atoms with van der Waals surface area (Å²) in [4.78, 5) is 0. The summed E-state index contributed by atoms with van der Waals surface area (Å²) in [6.45, 7) is 0.878. The van der Waals surface area contributed by atoms with Gasteiger partial charge in [-0.1, -0.05) is 12.1 Å². The van der Waals surface area contributed by atoms with Crippen molar-refractivity contribution < 1.29 is 9.84 Å². The molecule has 1 saturated heterocycles. The number of phenolic OH excluding ortho intramolecular Hbond substituents is 1. The molecule has 0 aromatic heterocycles. The van der Waals surface area contributed by atoms with Crippen molar-refractivity contribution >= 4 is 0 Å². The van der Waals surface area contributed by atoms with Gasteiger partial charge in [-0.05, 0) is 43.4 Å². The second kappa shape index (κ2) is 5.32. The lowest BCUT2D eigenvalue weighted by atomic mass is 10.00. The van der Waals surface area contributed by atoms with Crippen molar-refractivity contribution in [2.24, 2.45) is 5.73 Å². The average molecular weight is 221 g/mol. The van der Waals surface area contributed by atoms with Gasteiger partial charge in [0, 0.05) is 12.6 Å². The number of hydrogen-bond donors (Lipinski definition) is 2. The van der Waals surface area contributed by atoms with E-state index >= 15 is 0 Å². The highest BCUT2D eigenvalue weighted by Crippen LogP contribution is 2.19. The molecule has 88 valence electrons. The molecule has 2 rings (SSSR count). The molecule has 0 radical (unpaired) electrons. The summed E-state index contributed by atoms with van der Waals surface area (Å²) in [7, 11) is 0. The average Bonchev–Trinajstić information content (AvgIpc) is 2.70. The number of hydrogen-bond acceptors (Lipinski definition) is 3. The Balaban J connectivity index is 1.84. The van der Waals surface area contributed by atoms with Gasteiger partial charge >= 0.3 is 0 Å². The van der Waals surface area contributed by atoms with Crippen LogP contribution in [0.4, 0.5) is 0 Å². The van der Waals surface area contributed by atoms with E-state index in [1.165, 1.54) is 0 Å². The summed E-state index contributed by atoms with van der Waals surface area (Å²) in [5.41, 5.74) is 7.16. The lowest BCUT2D eigenvalue weighted by Gasteiger charge is -2.16. The maximum Gasteiger partial charge on any atom is 0.115 e. The van der Waals surface area contributed by atoms with Gasteiger partial charge in [-0.2, -0.15) is 0 Å². The molecule has 1 fully saturated rings. The van der Waals surface area contributed by atoms with E-state index in [-0.39, 0.29) is 6.04 Å². The van der Waals surface area contributed by atoms with E-state index in [2.05, 4.69) is 0 Å². The van der Waals surface area contributed by atoms with Gasteiger partial charge in [-0.15, -0.1) is 0 Å². The van der Waals surface area contributed by atoms with Gasteiger partial charge in [0.05, 0.1) is 6.10 Å². The topological polar surface area (TPSA) is 55.5 Å². The molecule has 3 nitrogen and oxygen atoms in total. The number of ether oxygens (including phenoxy) is 1. The lowest BCUT2D eigenvalue weighted by molar-refractivity contribution is 0.0983. The minimum atomic E-state index is 0.116. The zero-order chi connectivity index (χ0) is 11.4. The molecule has 0 bridgehead atoms. The molecule has 1 heterocycles. The summed E-state index contributed by atoms with van der Waals surface area (Å²) < 4.78 is 5.56. The van der Waals surface area contributed by atoms with Crippen LogP contribution in [-0.2, 0) is 11.2 Å². The molecule has 0 amide bonds. The third-order valence-corrected chi connectivity index (χ3v) is 3.00. The Bertz CT molecular complexity index is 334. The highest BCUT2D eigenvalue weighted by Gasteiger charge is 2.18. The van der Waals surface area contributed by atoms with Crippen LogP contribution in [-0.4, -0.2) is 23.9 Å². The maximum atomic E-state index is 9.34. The molecule has 1 aromatic carbocycles. The number of benzene rings is 1. The van der Waals surface area contributed by atoms with Crippen LogP contribution in [0.5, 0.6) is 5.75 Å². The highest BCUT2D eigenvalue weighted by atomic mass is 16.5. The van der Waals surface area contributed by atoms with E-state index in [1.807, 2.05) is 12.1 Å². The standard InChI is InChI=1S/C13H19NO2/c14-11(9-13-5-2-6-16-13)7-10-3-1-4-12(15)8-10/h1,3-4,8,11,13,15H,2,5-7,9,14H2.